The van der Waals surface area contributed by atoms with Crippen LogP contribution in [0.5, 0.6) is 17.2 Å². The standard InChI is InChI=1S/C18H13N3O4S/c22-18(12-3-5-14-15(9-12)21-26-20-14)19-7-1-2-8-23-13-4-6-16-17(10-13)25-11-24-16/h3-6,9-10H,7-8,11H2,(H,19,22). The Kier molecular flexibility index (Phi) is 4.53. The number of rotatable bonds is 4. The van der Waals surface area contributed by atoms with E-state index in [0.29, 0.717) is 28.3 Å². The van der Waals surface area contributed by atoms with Gasteiger partial charge in [0.25, 0.3) is 5.91 Å². The number of ether oxygens (including phenoxy) is 3. The lowest BCUT2D eigenvalue weighted by Gasteiger charge is -2.03. The number of nitrogens with one attached hydrogen (secondary N) is 1. The van der Waals surface area contributed by atoms with Crippen molar-refractivity contribution in [3.8, 4) is 29.1 Å². The van der Waals surface area contributed by atoms with Gasteiger partial charge in [-0.25, -0.2) is 0 Å². The minimum atomic E-state index is -0.203. The van der Waals surface area contributed by atoms with Crippen LogP contribution < -0.4 is 19.5 Å². The molecular weight excluding hydrogens is 354 g/mol. The Morgan fingerprint density at radius 3 is 2.96 bits per heavy atom. The summed E-state index contributed by atoms with van der Waals surface area (Å²) in [4.78, 5) is 12.1. The number of amides is 1. The molecule has 1 aromatic heterocycles. The van der Waals surface area contributed by atoms with Crippen molar-refractivity contribution in [2.75, 3.05) is 19.9 Å². The summed E-state index contributed by atoms with van der Waals surface area (Å²) in [6, 6.07) is 10.5. The number of aromatic nitrogens is 2. The second kappa shape index (κ2) is 7.29. The first-order chi connectivity index (χ1) is 12.8. The molecule has 4 rings (SSSR count). The molecule has 130 valence electrons. The fraction of sp³-hybridized carbons (Fsp3) is 0.167. The van der Waals surface area contributed by atoms with Gasteiger partial charge in [-0.15, -0.1) is 0 Å². The number of carbonyl (C=O) groups excluding carboxylic acids is 1. The number of carbonyl (C=O) groups is 1. The molecule has 3 aromatic rings. The summed E-state index contributed by atoms with van der Waals surface area (Å²) in [6.45, 7) is 0.673. The molecule has 0 aliphatic carbocycles. The maximum absolute atomic E-state index is 12.1. The van der Waals surface area contributed by atoms with Gasteiger partial charge in [0.2, 0.25) is 6.79 Å². The van der Waals surface area contributed by atoms with Gasteiger partial charge >= 0.3 is 0 Å². The lowest BCUT2D eigenvalue weighted by molar-refractivity contribution is 0.0958. The monoisotopic (exact) mass is 367 g/mol. The van der Waals surface area contributed by atoms with E-state index in [0.717, 1.165) is 17.2 Å². The normalized spacial score (nSPS) is 11.7. The molecule has 0 atom stereocenters. The van der Waals surface area contributed by atoms with E-state index in [2.05, 4.69) is 25.9 Å². The van der Waals surface area contributed by atoms with Gasteiger partial charge in [0.1, 0.15) is 23.4 Å². The molecule has 2 heterocycles. The molecule has 1 amide bonds. The van der Waals surface area contributed by atoms with Gasteiger partial charge in [0.05, 0.1) is 18.3 Å². The predicted molar refractivity (Wildman–Crippen MR) is 95.6 cm³/mol. The third-order valence-electron chi connectivity index (χ3n) is 3.63. The van der Waals surface area contributed by atoms with Gasteiger partial charge < -0.3 is 19.5 Å². The van der Waals surface area contributed by atoms with E-state index in [-0.39, 0.29) is 25.9 Å². The van der Waals surface area contributed by atoms with Crippen molar-refractivity contribution in [1.82, 2.24) is 14.1 Å². The van der Waals surface area contributed by atoms with E-state index >= 15 is 0 Å². The van der Waals surface area contributed by atoms with Gasteiger partial charge in [-0.2, -0.15) is 8.75 Å². The van der Waals surface area contributed by atoms with Crippen LogP contribution in [0, 0.1) is 11.8 Å². The molecule has 26 heavy (non-hydrogen) atoms. The first-order valence-corrected chi connectivity index (χ1v) is 8.51. The summed E-state index contributed by atoms with van der Waals surface area (Å²) in [5.41, 5.74) is 2.03. The summed E-state index contributed by atoms with van der Waals surface area (Å²) in [5, 5.41) is 2.74. The maximum atomic E-state index is 12.1. The number of benzene rings is 2. The van der Waals surface area contributed by atoms with Gasteiger partial charge in [-0.05, 0) is 30.3 Å². The predicted octanol–water partition coefficient (Wildman–Crippen LogP) is 2.23. The second-order valence-electron chi connectivity index (χ2n) is 5.31. The van der Waals surface area contributed by atoms with E-state index in [1.807, 2.05) is 0 Å². The molecule has 7 nitrogen and oxygen atoms in total. The second-order valence-corrected chi connectivity index (χ2v) is 5.84. The van der Waals surface area contributed by atoms with Crippen LogP contribution >= 0.6 is 11.7 Å². The highest BCUT2D eigenvalue weighted by Crippen LogP contribution is 2.34. The van der Waals surface area contributed by atoms with Crippen LogP contribution in [0.2, 0.25) is 0 Å². The molecule has 1 aliphatic heterocycles. The van der Waals surface area contributed by atoms with Gasteiger partial charge in [0, 0.05) is 11.6 Å². The molecule has 2 aromatic carbocycles. The van der Waals surface area contributed by atoms with Crippen LogP contribution in [0.25, 0.3) is 11.0 Å². The van der Waals surface area contributed by atoms with Crippen molar-refractivity contribution in [2.45, 2.75) is 0 Å². The first-order valence-electron chi connectivity index (χ1n) is 7.78. The summed E-state index contributed by atoms with van der Waals surface area (Å²) in [7, 11) is 0. The summed E-state index contributed by atoms with van der Waals surface area (Å²) in [6.07, 6.45) is 0. The van der Waals surface area contributed by atoms with Crippen LogP contribution in [0.15, 0.2) is 36.4 Å². The molecule has 0 saturated heterocycles. The minimum Gasteiger partial charge on any atom is -0.481 e. The zero-order valence-electron chi connectivity index (χ0n) is 13.5. The first kappa shape index (κ1) is 16.2. The highest BCUT2D eigenvalue weighted by Gasteiger charge is 2.13. The van der Waals surface area contributed by atoms with Crippen LogP contribution in [-0.2, 0) is 0 Å². The molecular formula is C18H13N3O4S. The number of hydrogen-bond donors (Lipinski definition) is 1. The molecule has 0 bridgehead atoms. The third-order valence-corrected chi connectivity index (χ3v) is 4.19. The van der Waals surface area contributed by atoms with Crippen molar-refractivity contribution in [1.29, 1.82) is 0 Å². The van der Waals surface area contributed by atoms with E-state index in [1.54, 1.807) is 36.4 Å². The fourth-order valence-corrected chi connectivity index (χ4v) is 2.87. The summed E-state index contributed by atoms with van der Waals surface area (Å²) in [5.74, 6) is 7.52. The molecule has 1 N–H and O–H groups in total. The van der Waals surface area contributed by atoms with E-state index < -0.39 is 0 Å². The lowest BCUT2D eigenvalue weighted by atomic mass is 10.2. The van der Waals surface area contributed by atoms with Gasteiger partial charge in [-0.3, -0.25) is 4.79 Å². The topological polar surface area (TPSA) is 82.6 Å². The van der Waals surface area contributed by atoms with Crippen molar-refractivity contribution >= 4 is 28.7 Å². The summed E-state index contributed by atoms with van der Waals surface area (Å²) >= 11 is 1.12. The van der Waals surface area contributed by atoms with E-state index in [9.17, 15) is 4.79 Å². The zero-order valence-corrected chi connectivity index (χ0v) is 14.3. The fourth-order valence-electron chi connectivity index (χ4n) is 2.35. The van der Waals surface area contributed by atoms with Crippen molar-refractivity contribution in [2.24, 2.45) is 0 Å². The van der Waals surface area contributed by atoms with Crippen LogP contribution in [-0.4, -0.2) is 34.6 Å². The third kappa shape index (κ3) is 3.53. The highest BCUT2D eigenvalue weighted by molar-refractivity contribution is 7.00. The average Bonchev–Trinajstić information content (AvgIpc) is 3.32. The van der Waals surface area contributed by atoms with E-state index in [4.69, 9.17) is 14.2 Å². The molecule has 0 unspecified atom stereocenters. The number of nitrogens with zero attached hydrogens (tertiary/aromatic N) is 2. The Bertz CT molecular complexity index is 1020. The Morgan fingerprint density at radius 1 is 1.12 bits per heavy atom. The molecule has 0 spiro atoms. The van der Waals surface area contributed by atoms with Crippen molar-refractivity contribution in [3.63, 3.8) is 0 Å². The minimum absolute atomic E-state index is 0.203. The van der Waals surface area contributed by atoms with E-state index in [1.165, 1.54) is 0 Å². The van der Waals surface area contributed by atoms with Crippen LogP contribution in [0.3, 0.4) is 0 Å². The molecule has 8 heteroatoms. The Labute approximate surface area is 153 Å². The molecule has 0 saturated carbocycles. The summed E-state index contributed by atoms with van der Waals surface area (Å²) < 4.78 is 24.3. The van der Waals surface area contributed by atoms with Gasteiger partial charge in [0.15, 0.2) is 11.5 Å². The van der Waals surface area contributed by atoms with Gasteiger partial charge in [-0.1, -0.05) is 11.8 Å². The molecule has 0 fully saturated rings. The molecule has 0 radical (unpaired) electrons. The number of hydrogen-bond acceptors (Lipinski definition) is 7. The van der Waals surface area contributed by atoms with Crippen LogP contribution in [0.1, 0.15) is 10.4 Å². The largest absolute Gasteiger partial charge is 0.481 e. The zero-order chi connectivity index (χ0) is 17.8. The average molecular weight is 367 g/mol. The number of fused-ring (bicyclic) bond motifs is 2. The highest BCUT2D eigenvalue weighted by atomic mass is 32.1. The Morgan fingerprint density at radius 2 is 2.00 bits per heavy atom. The lowest BCUT2D eigenvalue weighted by Crippen LogP contribution is -2.23. The van der Waals surface area contributed by atoms with Crippen molar-refractivity contribution < 1.29 is 19.0 Å². The quantitative estimate of drug-likeness (QED) is 0.712. The SMILES string of the molecule is O=C(NCC#CCOc1ccc2c(c1)OCO2)c1ccc2nsnc2c1. The Hall–Kier alpha value is -3.31. The molecule has 1 aliphatic rings. The van der Waals surface area contributed by atoms with Crippen LogP contribution in [0.4, 0.5) is 0 Å². The Balaban J connectivity index is 1.25. The van der Waals surface area contributed by atoms with Crippen molar-refractivity contribution in [3.05, 3.63) is 42.0 Å². The maximum Gasteiger partial charge on any atom is 0.252 e. The smallest absolute Gasteiger partial charge is 0.252 e.